The predicted molar refractivity (Wildman–Crippen MR) is 123 cm³/mol. The van der Waals surface area contributed by atoms with Gasteiger partial charge in [-0.15, -0.1) is 0 Å². The Hall–Kier alpha value is -2.83. The van der Waals surface area contributed by atoms with Gasteiger partial charge in [-0.2, -0.15) is 0 Å². The van der Waals surface area contributed by atoms with Crippen LogP contribution in [0.1, 0.15) is 18.0 Å². The van der Waals surface area contributed by atoms with E-state index in [0.29, 0.717) is 28.7 Å². The highest BCUT2D eigenvalue weighted by atomic mass is 35.5. The van der Waals surface area contributed by atoms with Crippen molar-refractivity contribution in [2.75, 3.05) is 23.3 Å². The van der Waals surface area contributed by atoms with Gasteiger partial charge in [0.25, 0.3) is 0 Å². The van der Waals surface area contributed by atoms with Gasteiger partial charge in [-0.25, -0.2) is 9.18 Å². The molecule has 1 aliphatic rings. The fourth-order valence-electron chi connectivity index (χ4n) is 3.79. The van der Waals surface area contributed by atoms with Crippen LogP contribution in [-0.4, -0.2) is 30.1 Å². The number of hydrogen-bond donors (Lipinski definition) is 2. The van der Waals surface area contributed by atoms with Crippen molar-refractivity contribution in [1.82, 2.24) is 10.3 Å². The Kier molecular flexibility index (Phi) is 6.59. The zero-order chi connectivity index (χ0) is 21.8. The molecule has 8 heteroatoms. The number of halogens is 3. The number of carbonyl (C=O) groups excluding carboxylic acids is 1. The van der Waals surface area contributed by atoms with E-state index in [-0.39, 0.29) is 23.8 Å². The molecule has 1 fully saturated rings. The Morgan fingerprint density at radius 1 is 1.00 bits per heavy atom. The van der Waals surface area contributed by atoms with Crippen molar-refractivity contribution < 1.29 is 9.18 Å². The van der Waals surface area contributed by atoms with Crippen LogP contribution in [0.15, 0.2) is 66.9 Å². The molecule has 2 atom stereocenters. The van der Waals surface area contributed by atoms with Crippen LogP contribution in [0.25, 0.3) is 0 Å². The molecule has 2 N–H and O–H groups in total. The second-order valence-corrected chi connectivity index (χ2v) is 8.30. The molecule has 1 aliphatic heterocycles. The summed E-state index contributed by atoms with van der Waals surface area (Å²) in [4.78, 5) is 19.3. The van der Waals surface area contributed by atoms with Crippen molar-refractivity contribution in [1.29, 1.82) is 0 Å². The third kappa shape index (κ3) is 5.46. The van der Waals surface area contributed by atoms with Crippen LogP contribution in [0.5, 0.6) is 0 Å². The largest absolute Gasteiger partial charge is 0.371 e. The van der Waals surface area contributed by atoms with Crippen LogP contribution >= 0.6 is 23.2 Å². The van der Waals surface area contributed by atoms with Gasteiger partial charge in [-0.05, 0) is 67.1 Å². The highest BCUT2D eigenvalue weighted by Gasteiger charge is 2.32. The highest BCUT2D eigenvalue weighted by molar-refractivity contribution is 6.30. The van der Waals surface area contributed by atoms with E-state index < -0.39 is 0 Å². The van der Waals surface area contributed by atoms with E-state index >= 15 is 0 Å². The van der Waals surface area contributed by atoms with Crippen LogP contribution in [0, 0.1) is 5.82 Å². The molecule has 2 unspecified atom stereocenters. The molecule has 0 radical (unpaired) electrons. The van der Waals surface area contributed by atoms with Crippen molar-refractivity contribution in [3.8, 4) is 0 Å². The molecule has 1 aromatic heterocycles. The molecule has 0 spiro atoms. The number of amides is 2. The summed E-state index contributed by atoms with van der Waals surface area (Å²) in [6.45, 7) is 1.35. The minimum atomic E-state index is -0.290. The van der Waals surface area contributed by atoms with Crippen LogP contribution in [0.3, 0.4) is 0 Å². The molecule has 2 heterocycles. The number of urea groups is 1. The van der Waals surface area contributed by atoms with Crippen LogP contribution < -0.4 is 15.5 Å². The molecule has 2 aromatic carbocycles. The summed E-state index contributed by atoms with van der Waals surface area (Å²) in [5, 5.41) is 7.08. The summed E-state index contributed by atoms with van der Waals surface area (Å²) in [6.07, 6.45) is 2.32. The Bertz CT molecular complexity index is 1030. The minimum Gasteiger partial charge on any atom is -0.371 e. The predicted octanol–water partition coefficient (Wildman–Crippen LogP) is 5.71. The lowest BCUT2D eigenvalue weighted by Gasteiger charge is -2.40. The van der Waals surface area contributed by atoms with Gasteiger partial charge in [0.2, 0.25) is 0 Å². The maximum atomic E-state index is 13.3. The van der Waals surface area contributed by atoms with Gasteiger partial charge >= 0.3 is 6.03 Å². The van der Waals surface area contributed by atoms with E-state index in [1.165, 1.54) is 12.1 Å². The molecule has 160 valence electrons. The first-order valence-corrected chi connectivity index (χ1v) is 10.7. The quantitative estimate of drug-likeness (QED) is 0.526. The SMILES string of the molecule is O=C(Nc1ccc(Cl)cc1)NC1CCN(c2ccc(F)cc2)CC1c1ccc(Cl)cn1. The van der Waals surface area contributed by atoms with Gasteiger partial charge in [0.15, 0.2) is 0 Å². The van der Waals surface area contributed by atoms with Gasteiger partial charge < -0.3 is 15.5 Å². The number of anilines is 2. The smallest absolute Gasteiger partial charge is 0.319 e. The van der Waals surface area contributed by atoms with E-state index in [0.717, 1.165) is 17.9 Å². The molecule has 3 aromatic rings. The lowest BCUT2D eigenvalue weighted by molar-refractivity contribution is 0.243. The minimum absolute atomic E-state index is 0.0629. The van der Waals surface area contributed by atoms with E-state index in [1.807, 2.05) is 6.07 Å². The lowest BCUT2D eigenvalue weighted by Crippen LogP contribution is -2.51. The summed E-state index contributed by atoms with van der Waals surface area (Å²) >= 11 is 11.9. The molecular formula is C23H21Cl2FN4O. The van der Waals surface area contributed by atoms with Crippen molar-refractivity contribution in [3.05, 3.63) is 88.4 Å². The Morgan fingerprint density at radius 2 is 1.71 bits per heavy atom. The fourth-order valence-corrected chi connectivity index (χ4v) is 4.02. The summed E-state index contributed by atoms with van der Waals surface area (Å²) < 4.78 is 13.3. The molecule has 5 nitrogen and oxygen atoms in total. The normalized spacial score (nSPS) is 18.5. The summed E-state index contributed by atoms with van der Waals surface area (Å²) in [5.41, 5.74) is 2.43. The van der Waals surface area contributed by atoms with E-state index in [2.05, 4.69) is 20.5 Å². The molecular weight excluding hydrogens is 438 g/mol. The monoisotopic (exact) mass is 458 g/mol. The van der Waals surface area contributed by atoms with Crippen molar-refractivity contribution in [3.63, 3.8) is 0 Å². The van der Waals surface area contributed by atoms with Gasteiger partial charge in [0.05, 0.1) is 5.02 Å². The standard InChI is InChI=1S/C23H21Cl2FN4O/c24-15-1-6-18(7-2-15)28-23(31)29-22-11-12-30(19-8-4-17(26)5-9-19)14-20(22)21-10-3-16(25)13-27-21/h1-10,13,20,22H,11-12,14H2,(H2,28,29,31). The molecule has 1 saturated heterocycles. The van der Waals surface area contributed by atoms with Crippen LogP contribution in [0.4, 0.5) is 20.6 Å². The second kappa shape index (κ2) is 9.54. The van der Waals surface area contributed by atoms with Gasteiger partial charge in [-0.3, -0.25) is 4.98 Å². The average Bonchev–Trinajstić information content (AvgIpc) is 2.77. The first kappa shape index (κ1) is 21.4. The lowest BCUT2D eigenvalue weighted by atomic mass is 9.88. The number of rotatable bonds is 4. The number of carbonyl (C=O) groups is 1. The van der Waals surface area contributed by atoms with E-state index in [9.17, 15) is 9.18 Å². The van der Waals surface area contributed by atoms with E-state index in [1.54, 1.807) is 48.7 Å². The zero-order valence-electron chi connectivity index (χ0n) is 16.6. The highest BCUT2D eigenvalue weighted by Crippen LogP contribution is 2.30. The fraction of sp³-hybridized carbons (Fsp3) is 0.217. The van der Waals surface area contributed by atoms with Gasteiger partial charge in [0.1, 0.15) is 5.82 Å². The third-order valence-corrected chi connectivity index (χ3v) is 5.83. The van der Waals surface area contributed by atoms with Crippen molar-refractivity contribution in [2.45, 2.75) is 18.4 Å². The van der Waals surface area contributed by atoms with Crippen LogP contribution in [0.2, 0.25) is 10.0 Å². The molecule has 0 bridgehead atoms. The van der Waals surface area contributed by atoms with Crippen LogP contribution in [-0.2, 0) is 0 Å². The summed E-state index contributed by atoms with van der Waals surface area (Å²) in [5.74, 6) is -0.331. The second-order valence-electron chi connectivity index (χ2n) is 7.43. The summed E-state index contributed by atoms with van der Waals surface area (Å²) in [7, 11) is 0. The zero-order valence-corrected chi connectivity index (χ0v) is 18.1. The summed E-state index contributed by atoms with van der Waals surface area (Å²) in [6, 6.07) is 16.6. The molecule has 2 amide bonds. The first-order valence-electron chi connectivity index (χ1n) is 9.93. The van der Waals surface area contributed by atoms with Gasteiger partial charge in [-0.1, -0.05) is 23.2 Å². The van der Waals surface area contributed by atoms with Crippen molar-refractivity contribution >= 4 is 40.6 Å². The Morgan fingerprint density at radius 3 is 2.39 bits per heavy atom. The van der Waals surface area contributed by atoms with E-state index in [4.69, 9.17) is 23.2 Å². The first-order chi connectivity index (χ1) is 15.0. The Labute approximate surface area is 190 Å². The number of nitrogens with one attached hydrogen (secondary N) is 2. The number of pyridine rings is 1. The number of piperidine rings is 1. The molecule has 0 aliphatic carbocycles. The number of nitrogens with zero attached hydrogens (tertiary/aromatic N) is 2. The number of benzene rings is 2. The average molecular weight is 459 g/mol. The number of aromatic nitrogens is 1. The van der Waals surface area contributed by atoms with Crippen molar-refractivity contribution in [2.24, 2.45) is 0 Å². The number of hydrogen-bond acceptors (Lipinski definition) is 3. The third-order valence-electron chi connectivity index (χ3n) is 5.35. The Balaban J connectivity index is 1.51. The topological polar surface area (TPSA) is 57.3 Å². The maximum absolute atomic E-state index is 13.3. The van der Waals surface area contributed by atoms with Gasteiger partial charge in [0, 0.05) is 53.3 Å². The maximum Gasteiger partial charge on any atom is 0.319 e. The molecule has 0 saturated carbocycles. The molecule has 4 rings (SSSR count). The molecule has 31 heavy (non-hydrogen) atoms.